The lowest BCUT2D eigenvalue weighted by molar-refractivity contribution is -0.214. The number of methoxy groups -OCH3 is 1. The quantitative estimate of drug-likeness (QED) is 0.656. The largest absolute Gasteiger partial charge is 0.385 e. The topological polar surface area (TPSA) is 27.7 Å². The van der Waals surface area contributed by atoms with E-state index < -0.39 is 0 Å². The Morgan fingerprint density at radius 3 is 2.29 bits per heavy atom. The molecule has 24 heavy (non-hydrogen) atoms. The summed E-state index contributed by atoms with van der Waals surface area (Å²) in [5, 5.41) is 0.745. The van der Waals surface area contributed by atoms with Crippen molar-refractivity contribution >= 4 is 11.6 Å². The van der Waals surface area contributed by atoms with Crippen LogP contribution in [0, 0.1) is 17.8 Å². The van der Waals surface area contributed by atoms with Gasteiger partial charge in [0.1, 0.15) is 0 Å². The van der Waals surface area contributed by atoms with Crippen LogP contribution in [-0.2, 0) is 14.2 Å². The van der Waals surface area contributed by atoms with E-state index in [9.17, 15) is 0 Å². The Kier molecular flexibility index (Phi) is 6.96. The normalized spacial score (nSPS) is 31.1. The van der Waals surface area contributed by atoms with Crippen molar-refractivity contribution in [1.29, 1.82) is 0 Å². The molecule has 2 fully saturated rings. The van der Waals surface area contributed by atoms with Crippen LogP contribution < -0.4 is 0 Å². The molecule has 0 aromatic heterocycles. The fourth-order valence-electron chi connectivity index (χ4n) is 4.07. The van der Waals surface area contributed by atoms with E-state index in [1.165, 1.54) is 38.5 Å². The third-order valence-electron chi connectivity index (χ3n) is 5.58. The highest BCUT2D eigenvalue weighted by molar-refractivity contribution is 6.30. The molecule has 0 radical (unpaired) electrons. The van der Waals surface area contributed by atoms with Crippen LogP contribution in [0.3, 0.4) is 0 Å². The second-order valence-corrected chi connectivity index (χ2v) is 7.66. The van der Waals surface area contributed by atoms with Gasteiger partial charge in [0.15, 0.2) is 6.29 Å². The molecule has 1 saturated heterocycles. The zero-order valence-electron chi connectivity index (χ0n) is 14.6. The summed E-state index contributed by atoms with van der Waals surface area (Å²) in [5.74, 6) is 2.20. The Hall–Kier alpha value is -0.610. The lowest BCUT2D eigenvalue weighted by Crippen LogP contribution is -2.34. The molecule has 0 unspecified atom stereocenters. The van der Waals surface area contributed by atoms with Gasteiger partial charge in [0.2, 0.25) is 0 Å². The van der Waals surface area contributed by atoms with E-state index >= 15 is 0 Å². The molecule has 3 nitrogen and oxygen atoms in total. The average Bonchev–Trinajstić information content (AvgIpc) is 2.63. The van der Waals surface area contributed by atoms with Crippen LogP contribution in [0.2, 0.25) is 5.02 Å². The van der Waals surface area contributed by atoms with E-state index in [-0.39, 0.29) is 6.29 Å². The fraction of sp³-hybridized carbons (Fsp3) is 0.700. The second kappa shape index (κ2) is 9.19. The van der Waals surface area contributed by atoms with Gasteiger partial charge >= 0.3 is 0 Å². The van der Waals surface area contributed by atoms with Crippen LogP contribution in [0.4, 0.5) is 0 Å². The molecule has 0 N–H and O–H groups in total. The minimum absolute atomic E-state index is 0.233. The molecule has 0 spiro atoms. The van der Waals surface area contributed by atoms with Crippen LogP contribution in [0.1, 0.15) is 50.4 Å². The number of rotatable bonds is 6. The second-order valence-electron chi connectivity index (χ2n) is 7.23. The van der Waals surface area contributed by atoms with Gasteiger partial charge in [0.25, 0.3) is 0 Å². The number of hydrogen-bond donors (Lipinski definition) is 0. The summed E-state index contributed by atoms with van der Waals surface area (Å²) in [6.45, 7) is 2.52. The van der Waals surface area contributed by atoms with Crippen molar-refractivity contribution in [2.75, 3.05) is 26.9 Å². The first-order valence-corrected chi connectivity index (χ1v) is 9.61. The molecule has 0 amide bonds. The lowest BCUT2D eigenvalue weighted by Gasteiger charge is -2.37. The van der Waals surface area contributed by atoms with Gasteiger partial charge < -0.3 is 14.2 Å². The van der Waals surface area contributed by atoms with Crippen molar-refractivity contribution in [1.82, 2.24) is 0 Å². The molecule has 1 heterocycles. The zero-order valence-corrected chi connectivity index (χ0v) is 15.3. The van der Waals surface area contributed by atoms with E-state index in [1.54, 1.807) is 7.11 Å². The molecule has 134 valence electrons. The summed E-state index contributed by atoms with van der Waals surface area (Å²) in [6, 6.07) is 7.75. The van der Waals surface area contributed by atoms with E-state index in [0.29, 0.717) is 5.92 Å². The van der Waals surface area contributed by atoms with Gasteiger partial charge in [-0.25, -0.2) is 0 Å². The molecule has 1 aliphatic carbocycles. The SMILES string of the molecule is COCCCC1CCC(C2COC(c3ccc(Cl)cc3)OC2)CC1. The molecule has 1 aromatic rings. The highest BCUT2D eigenvalue weighted by Gasteiger charge is 2.32. The van der Waals surface area contributed by atoms with Crippen molar-refractivity contribution in [2.45, 2.75) is 44.8 Å². The molecule has 4 heteroatoms. The van der Waals surface area contributed by atoms with Crippen molar-refractivity contribution in [3.63, 3.8) is 0 Å². The monoisotopic (exact) mass is 352 g/mol. The van der Waals surface area contributed by atoms with Gasteiger partial charge in [-0.1, -0.05) is 36.6 Å². The van der Waals surface area contributed by atoms with E-state index in [2.05, 4.69) is 0 Å². The van der Waals surface area contributed by atoms with Crippen LogP contribution in [0.15, 0.2) is 24.3 Å². The summed E-state index contributed by atoms with van der Waals surface area (Å²) >= 11 is 5.94. The van der Waals surface area contributed by atoms with Gasteiger partial charge in [-0.3, -0.25) is 0 Å². The molecule has 0 bridgehead atoms. The Morgan fingerprint density at radius 2 is 1.67 bits per heavy atom. The first-order chi connectivity index (χ1) is 11.8. The maximum absolute atomic E-state index is 5.99. The highest BCUT2D eigenvalue weighted by atomic mass is 35.5. The van der Waals surface area contributed by atoms with Crippen LogP contribution in [0.5, 0.6) is 0 Å². The summed E-state index contributed by atoms with van der Waals surface area (Å²) < 4.78 is 17.2. The van der Waals surface area contributed by atoms with E-state index in [0.717, 1.165) is 42.2 Å². The zero-order chi connectivity index (χ0) is 16.8. The summed E-state index contributed by atoms with van der Waals surface area (Å²) in [5.41, 5.74) is 1.06. The number of halogens is 1. The molecular formula is C20H29ClO3. The Bertz CT molecular complexity index is 474. The maximum atomic E-state index is 5.99. The molecule has 1 aromatic carbocycles. The van der Waals surface area contributed by atoms with Crippen LogP contribution in [0.25, 0.3) is 0 Å². The smallest absolute Gasteiger partial charge is 0.183 e. The average molecular weight is 353 g/mol. The van der Waals surface area contributed by atoms with Gasteiger partial charge in [0.05, 0.1) is 13.2 Å². The summed E-state index contributed by atoms with van der Waals surface area (Å²) in [7, 11) is 1.79. The van der Waals surface area contributed by atoms with Crippen molar-refractivity contribution in [2.24, 2.45) is 17.8 Å². The van der Waals surface area contributed by atoms with E-state index in [4.69, 9.17) is 25.8 Å². The highest BCUT2D eigenvalue weighted by Crippen LogP contribution is 2.38. The van der Waals surface area contributed by atoms with Crippen molar-refractivity contribution < 1.29 is 14.2 Å². The molecular weight excluding hydrogens is 324 g/mol. The van der Waals surface area contributed by atoms with Crippen LogP contribution in [-0.4, -0.2) is 26.9 Å². The molecule has 1 aliphatic heterocycles. The van der Waals surface area contributed by atoms with Gasteiger partial charge in [-0.15, -0.1) is 0 Å². The van der Waals surface area contributed by atoms with Crippen LogP contribution >= 0.6 is 11.6 Å². The van der Waals surface area contributed by atoms with Crippen molar-refractivity contribution in [3.05, 3.63) is 34.9 Å². The third kappa shape index (κ3) is 4.95. The molecule has 2 aliphatic rings. The first-order valence-electron chi connectivity index (χ1n) is 9.24. The number of hydrogen-bond acceptors (Lipinski definition) is 3. The maximum Gasteiger partial charge on any atom is 0.183 e. The number of benzene rings is 1. The standard InChI is InChI=1S/C20H29ClO3/c1-22-12-2-3-15-4-6-16(7-5-15)18-13-23-20(24-14-18)17-8-10-19(21)11-9-17/h8-11,15-16,18,20H,2-7,12-14H2,1H3. The minimum atomic E-state index is -0.233. The van der Waals surface area contributed by atoms with Crippen molar-refractivity contribution in [3.8, 4) is 0 Å². The molecule has 3 rings (SSSR count). The predicted molar refractivity (Wildman–Crippen MR) is 96.1 cm³/mol. The summed E-state index contributed by atoms with van der Waals surface area (Å²) in [4.78, 5) is 0. The fourth-order valence-corrected chi connectivity index (χ4v) is 4.19. The minimum Gasteiger partial charge on any atom is -0.385 e. The Labute approximate surface area is 150 Å². The Balaban J connectivity index is 1.40. The number of ether oxygens (including phenoxy) is 3. The van der Waals surface area contributed by atoms with Gasteiger partial charge in [-0.2, -0.15) is 0 Å². The molecule has 0 atom stereocenters. The predicted octanol–water partition coefficient (Wildman–Crippen LogP) is 5.23. The van der Waals surface area contributed by atoms with E-state index in [1.807, 2.05) is 24.3 Å². The van der Waals surface area contributed by atoms with Gasteiger partial charge in [0, 0.05) is 30.2 Å². The lowest BCUT2D eigenvalue weighted by atomic mass is 9.75. The third-order valence-corrected chi connectivity index (χ3v) is 5.84. The Morgan fingerprint density at radius 1 is 1.00 bits per heavy atom. The van der Waals surface area contributed by atoms with Gasteiger partial charge in [-0.05, 0) is 49.7 Å². The summed E-state index contributed by atoms with van der Waals surface area (Å²) in [6.07, 6.45) is 7.63. The molecule has 1 saturated carbocycles. The first kappa shape index (κ1) is 18.2.